The Balaban J connectivity index is 2.03. The van der Waals surface area contributed by atoms with Crippen molar-refractivity contribution in [2.24, 2.45) is 0 Å². The van der Waals surface area contributed by atoms with Crippen LogP contribution < -0.4 is 10.1 Å². The predicted octanol–water partition coefficient (Wildman–Crippen LogP) is 0.731. The van der Waals surface area contributed by atoms with Crippen LogP contribution in [-0.2, 0) is 14.3 Å². The van der Waals surface area contributed by atoms with Gasteiger partial charge >= 0.3 is 0 Å². The molecule has 1 aromatic carbocycles. The molecule has 1 fully saturated rings. The van der Waals surface area contributed by atoms with Crippen molar-refractivity contribution < 1.29 is 19.1 Å². The van der Waals surface area contributed by atoms with Gasteiger partial charge in [0, 0.05) is 13.6 Å². The summed E-state index contributed by atoms with van der Waals surface area (Å²) in [7, 11) is 3.13. The smallest absolute Gasteiger partial charge is 0.232 e. The average Bonchev–Trinajstić information content (AvgIpc) is 2.54. The first-order valence-corrected chi connectivity index (χ1v) is 6.88. The quantitative estimate of drug-likeness (QED) is 0.831. The Morgan fingerprint density at radius 2 is 2.29 bits per heavy atom. The van der Waals surface area contributed by atoms with Crippen LogP contribution in [0.2, 0.25) is 0 Å². The van der Waals surface area contributed by atoms with Gasteiger partial charge in [-0.25, -0.2) is 0 Å². The molecular formula is C15H20N2O4. The molecule has 1 aliphatic rings. The zero-order chi connectivity index (χ0) is 15.2. The lowest BCUT2D eigenvalue weighted by Gasteiger charge is -2.33. The summed E-state index contributed by atoms with van der Waals surface area (Å²) < 4.78 is 10.9. The largest absolute Gasteiger partial charge is 0.497 e. The summed E-state index contributed by atoms with van der Waals surface area (Å²) >= 11 is 0. The van der Waals surface area contributed by atoms with Crippen LogP contribution in [0.4, 0.5) is 0 Å². The minimum Gasteiger partial charge on any atom is -0.497 e. The van der Waals surface area contributed by atoms with Crippen molar-refractivity contribution >= 4 is 11.8 Å². The number of amides is 2. The van der Waals surface area contributed by atoms with Crippen molar-refractivity contribution in [3.05, 3.63) is 29.8 Å². The molecular weight excluding hydrogens is 272 g/mol. The molecule has 1 unspecified atom stereocenters. The number of nitrogens with zero attached hydrogens (tertiary/aromatic N) is 1. The lowest BCUT2D eigenvalue weighted by molar-refractivity contribution is -0.142. The van der Waals surface area contributed by atoms with Crippen molar-refractivity contribution in [3.8, 4) is 5.75 Å². The summed E-state index contributed by atoms with van der Waals surface area (Å²) in [5.74, 6) is 0.305. The molecule has 2 rings (SSSR count). The molecule has 1 aromatic rings. The Labute approximate surface area is 124 Å². The topological polar surface area (TPSA) is 67.9 Å². The molecule has 1 atom stereocenters. The van der Waals surface area contributed by atoms with Crippen molar-refractivity contribution in [2.45, 2.75) is 12.5 Å². The molecule has 1 saturated heterocycles. The van der Waals surface area contributed by atoms with Gasteiger partial charge in [-0.05, 0) is 17.7 Å². The number of ether oxygens (including phenoxy) is 2. The summed E-state index contributed by atoms with van der Waals surface area (Å²) in [5.41, 5.74) is 0.965. The zero-order valence-electron chi connectivity index (χ0n) is 12.3. The molecule has 21 heavy (non-hydrogen) atoms. The van der Waals surface area contributed by atoms with E-state index in [1.54, 1.807) is 12.0 Å². The number of methoxy groups -OCH3 is 1. The molecule has 0 bridgehead atoms. The molecule has 0 spiro atoms. The summed E-state index contributed by atoms with van der Waals surface area (Å²) in [5, 5.41) is 2.46. The highest BCUT2D eigenvalue weighted by atomic mass is 16.5. The van der Waals surface area contributed by atoms with E-state index in [1.165, 1.54) is 7.05 Å². The molecule has 0 aromatic heterocycles. The molecule has 1 aliphatic heterocycles. The number of morpholine rings is 1. The van der Waals surface area contributed by atoms with Crippen molar-refractivity contribution in [1.29, 1.82) is 0 Å². The van der Waals surface area contributed by atoms with E-state index in [9.17, 15) is 9.59 Å². The van der Waals surface area contributed by atoms with Crippen LogP contribution in [0.25, 0.3) is 0 Å². The van der Waals surface area contributed by atoms with Gasteiger partial charge in [-0.2, -0.15) is 0 Å². The number of rotatable bonds is 4. The van der Waals surface area contributed by atoms with Crippen molar-refractivity contribution in [3.63, 3.8) is 0 Å². The second-order valence-corrected chi connectivity index (χ2v) is 4.83. The SMILES string of the molecule is CNC(=O)CC(=O)N1CCOC(c2cccc(OC)c2)C1. The highest BCUT2D eigenvalue weighted by molar-refractivity contribution is 5.96. The first-order valence-electron chi connectivity index (χ1n) is 6.88. The van der Waals surface area contributed by atoms with E-state index in [2.05, 4.69) is 5.32 Å². The first-order chi connectivity index (χ1) is 10.1. The zero-order valence-corrected chi connectivity index (χ0v) is 12.3. The van der Waals surface area contributed by atoms with Crippen LogP contribution in [0.1, 0.15) is 18.1 Å². The van der Waals surface area contributed by atoms with E-state index in [0.29, 0.717) is 19.7 Å². The lowest BCUT2D eigenvalue weighted by Crippen LogP contribution is -2.43. The number of benzene rings is 1. The van der Waals surface area contributed by atoms with E-state index in [0.717, 1.165) is 11.3 Å². The summed E-state index contributed by atoms with van der Waals surface area (Å²) in [6, 6.07) is 7.60. The van der Waals surface area contributed by atoms with Gasteiger partial charge in [0.2, 0.25) is 11.8 Å². The Bertz CT molecular complexity index is 518. The van der Waals surface area contributed by atoms with E-state index in [-0.39, 0.29) is 24.3 Å². The number of hydrogen-bond acceptors (Lipinski definition) is 4. The van der Waals surface area contributed by atoms with Gasteiger partial charge in [-0.1, -0.05) is 12.1 Å². The maximum atomic E-state index is 12.1. The highest BCUT2D eigenvalue weighted by Gasteiger charge is 2.26. The van der Waals surface area contributed by atoms with Gasteiger partial charge in [0.1, 0.15) is 18.3 Å². The van der Waals surface area contributed by atoms with Crippen LogP contribution >= 0.6 is 0 Å². The van der Waals surface area contributed by atoms with Crippen molar-refractivity contribution in [1.82, 2.24) is 10.2 Å². The maximum Gasteiger partial charge on any atom is 0.232 e. The summed E-state index contributed by atoms with van der Waals surface area (Å²) in [6.07, 6.45) is -0.316. The van der Waals surface area contributed by atoms with Crippen LogP contribution in [0.5, 0.6) is 5.75 Å². The second kappa shape index (κ2) is 7.08. The van der Waals surface area contributed by atoms with Crippen LogP contribution in [0.15, 0.2) is 24.3 Å². The summed E-state index contributed by atoms with van der Waals surface area (Å²) in [6.45, 7) is 1.42. The highest BCUT2D eigenvalue weighted by Crippen LogP contribution is 2.25. The molecule has 2 amide bonds. The van der Waals surface area contributed by atoms with Gasteiger partial charge in [0.15, 0.2) is 0 Å². The number of carbonyl (C=O) groups is 2. The van der Waals surface area contributed by atoms with Gasteiger partial charge in [0.25, 0.3) is 0 Å². The number of hydrogen-bond donors (Lipinski definition) is 1. The predicted molar refractivity (Wildman–Crippen MR) is 77.0 cm³/mol. The third-order valence-electron chi connectivity index (χ3n) is 3.48. The molecule has 114 valence electrons. The Morgan fingerprint density at radius 3 is 3.00 bits per heavy atom. The minimum atomic E-state index is -0.274. The fraction of sp³-hybridized carbons (Fsp3) is 0.467. The normalized spacial score (nSPS) is 18.2. The Morgan fingerprint density at radius 1 is 1.48 bits per heavy atom. The van der Waals surface area contributed by atoms with Gasteiger partial charge in [0.05, 0.1) is 20.3 Å². The summed E-state index contributed by atoms with van der Waals surface area (Å²) in [4.78, 5) is 25.0. The Hall–Kier alpha value is -2.08. The standard InChI is InChI=1S/C15H20N2O4/c1-16-14(18)9-15(19)17-6-7-21-13(10-17)11-4-3-5-12(8-11)20-2/h3-5,8,13H,6-7,9-10H2,1-2H3,(H,16,18). The second-order valence-electron chi connectivity index (χ2n) is 4.83. The fourth-order valence-electron chi connectivity index (χ4n) is 2.26. The third-order valence-corrected chi connectivity index (χ3v) is 3.48. The molecule has 6 heteroatoms. The van der Waals surface area contributed by atoms with Gasteiger partial charge in [-0.3, -0.25) is 9.59 Å². The van der Waals surface area contributed by atoms with E-state index < -0.39 is 0 Å². The first kappa shape index (κ1) is 15.3. The fourth-order valence-corrected chi connectivity index (χ4v) is 2.26. The minimum absolute atomic E-state index is 0.124. The van der Waals surface area contributed by atoms with Gasteiger partial charge in [-0.15, -0.1) is 0 Å². The number of carbonyl (C=O) groups excluding carboxylic acids is 2. The molecule has 1 heterocycles. The third kappa shape index (κ3) is 3.95. The van der Waals surface area contributed by atoms with E-state index in [1.807, 2.05) is 24.3 Å². The van der Waals surface area contributed by atoms with E-state index in [4.69, 9.17) is 9.47 Å². The van der Waals surface area contributed by atoms with E-state index >= 15 is 0 Å². The molecule has 0 saturated carbocycles. The maximum absolute atomic E-state index is 12.1. The van der Waals surface area contributed by atoms with Crippen molar-refractivity contribution in [2.75, 3.05) is 33.9 Å². The molecule has 0 aliphatic carbocycles. The van der Waals surface area contributed by atoms with Crippen LogP contribution in [-0.4, -0.2) is 50.6 Å². The molecule has 1 N–H and O–H groups in total. The number of nitrogens with one attached hydrogen (secondary N) is 1. The Kier molecular flexibility index (Phi) is 5.16. The molecule has 6 nitrogen and oxygen atoms in total. The monoisotopic (exact) mass is 292 g/mol. The molecule has 0 radical (unpaired) electrons. The van der Waals surface area contributed by atoms with Gasteiger partial charge < -0.3 is 19.7 Å². The van der Waals surface area contributed by atoms with Crippen LogP contribution in [0, 0.1) is 0 Å². The average molecular weight is 292 g/mol. The lowest BCUT2D eigenvalue weighted by atomic mass is 10.1. The van der Waals surface area contributed by atoms with Crippen LogP contribution in [0.3, 0.4) is 0 Å².